The highest BCUT2D eigenvalue weighted by molar-refractivity contribution is 5.75. The maximum Gasteiger partial charge on any atom is 0.194 e. The van der Waals surface area contributed by atoms with E-state index in [1.807, 2.05) is 97.1 Å². The topological polar surface area (TPSA) is 208 Å². The molecule has 0 amide bonds. The summed E-state index contributed by atoms with van der Waals surface area (Å²) in [5.41, 5.74) is 33.6. The second-order valence-electron chi connectivity index (χ2n) is 16.0. The molecule has 4 aromatic carbocycles. The molecular formula is C54H68N8O4. The first-order chi connectivity index (χ1) is 32.2. The van der Waals surface area contributed by atoms with Crippen molar-refractivity contribution >= 4 is 22.7 Å². The zero-order valence-electron chi connectivity index (χ0n) is 39.2. The molecule has 66 heavy (non-hydrogen) atoms. The van der Waals surface area contributed by atoms with E-state index in [2.05, 4.69) is 47.6 Å². The summed E-state index contributed by atoms with van der Waals surface area (Å²) in [6.45, 7) is 8.65. The zero-order valence-corrected chi connectivity index (χ0v) is 39.2. The number of unbranched alkanes of at least 4 members (excludes halogenated alkanes) is 6. The Hall–Kier alpha value is -7.08. The van der Waals surface area contributed by atoms with Crippen LogP contribution in [0.1, 0.15) is 115 Å². The number of rotatable bonds is 18. The summed E-state index contributed by atoms with van der Waals surface area (Å²) in [7, 11) is 0. The van der Waals surface area contributed by atoms with Gasteiger partial charge in [-0.05, 0) is 49.9 Å². The van der Waals surface area contributed by atoms with Crippen molar-refractivity contribution in [2.45, 2.75) is 118 Å². The highest BCUT2D eigenvalue weighted by Crippen LogP contribution is 2.28. The van der Waals surface area contributed by atoms with Gasteiger partial charge in [-0.2, -0.15) is 0 Å². The van der Waals surface area contributed by atoms with Crippen LogP contribution in [0.3, 0.4) is 0 Å². The van der Waals surface area contributed by atoms with Gasteiger partial charge in [0.25, 0.3) is 0 Å². The molecule has 0 bridgehead atoms. The first-order valence-electron chi connectivity index (χ1n) is 23.4. The average molecular weight is 893 g/mol. The molecule has 8 N–H and O–H groups in total. The standard InChI is InChI=1S/C15H20N2O.C14H18N2O.C13H16N2O.C12H14N2O/c1-2-3-4-5-10-15-17-14(11-18-15)12-8-6-7-9-13(12)16;1-2-3-4-9-14-16-13(10-17-14)11-7-5-6-8-12(11)15;1-2-3-8-13-15-12(9-16-13)10-6-4-5-7-11(10)14;1-2-5-12-14-11(8-15-12)9-6-3-4-7-10(9)13/h6-9,11H,2-5,10,16H2,1H3;5-8,10H,2-4,9,15H2,1H3;4-7,9H,2-3,8,14H2,1H3;3-4,6-8H,2,5,13H2,1H3. The fourth-order valence-corrected chi connectivity index (χ4v) is 6.89. The molecule has 4 heterocycles. The fourth-order valence-electron chi connectivity index (χ4n) is 6.89. The van der Waals surface area contributed by atoms with Gasteiger partial charge in [0.15, 0.2) is 23.6 Å². The molecule has 0 radical (unpaired) electrons. The lowest BCUT2D eigenvalue weighted by Gasteiger charge is -1.99. The molecule has 0 saturated carbocycles. The first kappa shape index (κ1) is 49.9. The van der Waals surface area contributed by atoms with E-state index in [4.69, 9.17) is 40.6 Å². The van der Waals surface area contributed by atoms with Crippen LogP contribution in [-0.2, 0) is 25.7 Å². The molecule has 348 valence electrons. The van der Waals surface area contributed by atoms with Gasteiger partial charge in [0, 0.05) is 70.7 Å². The predicted molar refractivity (Wildman–Crippen MR) is 269 cm³/mol. The second kappa shape index (κ2) is 27.3. The maximum atomic E-state index is 5.92. The molecule has 8 rings (SSSR count). The van der Waals surface area contributed by atoms with E-state index < -0.39 is 0 Å². The van der Waals surface area contributed by atoms with Crippen LogP contribution in [0, 0.1) is 0 Å². The minimum atomic E-state index is 0.730. The van der Waals surface area contributed by atoms with Crippen LogP contribution in [0.15, 0.2) is 140 Å². The fraction of sp³-hybridized carbons (Fsp3) is 0.333. The Morgan fingerprint density at radius 1 is 0.318 bits per heavy atom. The largest absolute Gasteiger partial charge is 0.448 e. The predicted octanol–water partition coefficient (Wildman–Crippen LogP) is 13.8. The molecule has 0 atom stereocenters. The van der Waals surface area contributed by atoms with Crippen molar-refractivity contribution in [2.75, 3.05) is 22.9 Å². The van der Waals surface area contributed by atoms with Crippen LogP contribution in [0.5, 0.6) is 0 Å². The Kier molecular flexibility index (Phi) is 20.6. The normalized spacial score (nSPS) is 10.6. The maximum absolute atomic E-state index is 5.92. The third-order valence-corrected chi connectivity index (χ3v) is 10.6. The van der Waals surface area contributed by atoms with Crippen molar-refractivity contribution in [1.82, 2.24) is 19.9 Å². The van der Waals surface area contributed by atoms with Gasteiger partial charge in [-0.15, -0.1) is 0 Å². The number of hydrogen-bond acceptors (Lipinski definition) is 12. The number of aromatic nitrogens is 4. The molecule has 12 heteroatoms. The number of anilines is 4. The van der Waals surface area contributed by atoms with Gasteiger partial charge in [0.05, 0.1) is 0 Å². The molecule has 0 saturated heterocycles. The lowest BCUT2D eigenvalue weighted by atomic mass is 10.1. The van der Waals surface area contributed by atoms with Gasteiger partial charge in [-0.1, -0.05) is 139 Å². The average Bonchev–Trinajstić information content (AvgIpc) is 4.18. The number of nitrogens with zero attached hydrogens (tertiary/aromatic N) is 4. The highest BCUT2D eigenvalue weighted by atomic mass is 16.3. The Morgan fingerprint density at radius 2 is 0.591 bits per heavy atom. The number of nitrogens with two attached hydrogens (primary N) is 4. The molecule has 8 aromatic rings. The molecular weight excluding hydrogens is 825 g/mol. The van der Waals surface area contributed by atoms with Crippen LogP contribution < -0.4 is 22.9 Å². The van der Waals surface area contributed by atoms with Crippen molar-refractivity contribution in [3.8, 4) is 45.0 Å². The number of aryl methyl sites for hydroxylation is 4. The highest BCUT2D eigenvalue weighted by Gasteiger charge is 2.11. The van der Waals surface area contributed by atoms with E-state index in [-0.39, 0.29) is 0 Å². The Balaban J connectivity index is 0.000000165. The summed E-state index contributed by atoms with van der Waals surface area (Å²) < 4.78 is 21.7. The third kappa shape index (κ3) is 15.6. The van der Waals surface area contributed by atoms with E-state index in [1.54, 1.807) is 25.1 Å². The van der Waals surface area contributed by atoms with E-state index >= 15 is 0 Å². The zero-order chi connectivity index (χ0) is 46.9. The number of hydrogen-bond donors (Lipinski definition) is 4. The van der Waals surface area contributed by atoms with Crippen molar-refractivity contribution in [3.63, 3.8) is 0 Å². The molecule has 0 unspecified atom stereocenters. The van der Waals surface area contributed by atoms with Gasteiger partial charge in [-0.25, -0.2) is 19.9 Å². The van der Waals surface area contributed by atoms with E-state index in [0.717, 1.165) is 149 Å². The van der Waals surface area contributed by atoms with Gasteiger partial charge in [0.2, 0.25) is 0 Å². The number of para-hydroxylation sites is 4. The molecule has 0 fully saturated rings. The molecule has 0 aliphatic heterocycles. The summed E-state index contributed by atoms with van der Waals surface area (Å²) in [6, 6.07) is 30.8. The van der Waals surface area contributed by atoms with Crippen molar-refractivity contribution in [1.29, 1.82) is 0 Å². The van der Waals surface area contributed by atoms with Crippen molar-refractivity contribution in [3.05, 3.63) is 146 Å². The molecule has 0 aliphatic rings. The minimum Gasteiger partial charge on any atom is -0.448 e. The van der Waals surface area contributed by atoms with Crippen molar-refractivity contribution < 1.29 is 17.7 Å². The minimum absolute atomic E-state index is 0.730. The Labute approximate surface area is 390 Å². The quantitative estimate of drug-likeness (QED) is 0.0468. The van der Waals surface area contributed by atoms with Gasteiger partial charge in [0.1, 0.15) is 47.8 Å². The molecule has 12 nitrogen and oxygen atoms in total. The van der Waals surface area contributed by atoms with Gasteiger partial charge in [-0.3, -0.25) is 0 Å². The summed E-state index contributed by atoms with van der Waals surface area (Å²) in [6.07, 6.45) is 22.0. The van der Waals surface area contributed by atoms with Gasteiger partial charge >= 0.3 is 0 Å². The lowest BCUT2D eigenvalue weighted by Crippen LogP contribution is -1.90. The van der Waals surface area contributed by atoms with Crippen molar-refractivity contribution in [2.24, 2.45) is 0 Å². The first-order valence-corrected chi connectivity index (χ1v) is 23.4. The summed E-state index contributed by atoms with van der Waals surface area (Å²) >= 11 is 0. The van der Waals surface area contributed by atoms with Gasteiger partial charge < -0.3 is 40.6 Å². The van der Waals surface area contributed by atoms with Crippen LogP contribution >= 0.6 is 0 Å². The van der Waals surface area contributed by atoms with E-state index in [0.29, 0.717) is 0 Å². The SMILES string of the molecule is CCCCCCc1nc(-c2ccccc2N)co1.CCCCCc1nc(-c2ccccc2N)co1.CCCCc1nc(-c2ccccc2N)co1.CCCc1nc(-c2ccccc2N)co1. The van der Waals surface area contributed by atoms with Crippen LogP contribution in [0.25, 0.3) is 45.0 Å². The second-order valence-corrected chi connectivity index (χ2v) is 16.0. The van der Waals surface area contributed by atoms with Crippen LogP contribution in [0.4, 0.5) is 22.7 Å². The number of nitrogen functional groups attached to an aromatic ring is 4. The van der Waals surface area contributed by atoms with E-state index in [1.165, 1.54) is 32.1 Å². The Bertz CT molecular complexity index is 2590. The van der Waals surface area contributed by atoms with Crippen LogP contribution in [-0.4, -0.2) is 19.9 Å². The van der Waals surface area contributed by atoms with E-state index in [9.17, 15) is 0 Å². The lowest BCUT2D eigenvalue weighted by molar-refractivity contribution is 0.480. The summed E-state index contributed by atoms with van der Waals surface area (Å²) in [4.78, 5) is 17.8. The number of benzene rings is 4. The molecule has 4 aromatic heterocycles. The molecule has 0 spiro atoms. The monoisotopic (exact) mass is 893 g/mol. The summed E-state index contributed by atoms with van der Waals surface area (Å²) in [5.74, 6) is 3.18. The number of oxazole rings is 4. The Morgan fingerprint density at radius 3 is 0.894 bits per heavy atom. The third-order valence-electron chi connectivity index (χ3n) is 10.6. The van der Waals surface area contributed by atoms with Crippen LogP contribution in [0.2, 0.25) is 0 Å². The molecule has 0 aliphatic carbocycles. The summed E-state index contributed by atoms with van der Waals surface area (Å²) in [5, 5.41) is 0. The smallest absolute Gasteiger partial charge is 0.194 e.